The van der Waals surface area contributed by atoms with Gasteiger partial charge in [0.2, 0.25) is 0 Å². The van der Waals surface area contributed by atoms with E-state index in [1.54, 1.807) is 12.1 Å². The lowest BCUT2D eigenvalue weighted by Crippen LogP contribution is -2.26. The molecule has 0 saturated heterocycles. The molecule has 2 aromatic carbocycles. The molecule has 0 bridgehead atoms. The highest BCUT2D eigenvalue weighted by Crippen LogP contribution is 2.34. The Bertz CT molecular complexity index is 699. The minimum Gasteiger partial charge on any atom is -0.491 e. The van der Waals surface area contributed by atoms with Crippen LogP contribution in [0.2, 0.25) is 0 Å². The summed E-state index contributed by atoms with van der Waals surface area (Å²) in [5, 5.41) is 2.68. The summed E-state index contributed by atoms with van der Waals surface area (Å²) in [5.74, 6) is 0.622. The van der Waals surface area contributed by atoms with Crippen molar-refractivity contribution in [3.63, 3.8) is 0 Å². The molecule has 1 amide bonds. The van der Waals surface area contributed by atoms with E-state index in [1.165, 1.54) is 0 Å². The third-order valence-corrected chi connectivity index (χ3v) is 4.38. The topological polar surface area (TPSA) is 64.6 Å². The van der Waals surface area contributed by atoms with Crippen molar-refractivity contribution in [1.82, 2.24) is 5.32 Å². The SMILES string of the molecule is O=Cc1cc(Br)c(OCCCNC(=O)OCc2ccccc2)c(Br)c1. The second kappa shape index (κ2) is 10.2. The van der Waals surface area contributed by atoms with Crippen molar-refractivity contribution in [1.29, 1.82) is 0 Å². The Morgan fingerprint density at radius 3 is 2.44 bits per heavy atom. The number of nitrogens with one attached hydrogen (secondary N) is 1. The first kappa shape index (κ1) is 19.5. The normalized spacial score (nSPS) is 10.2. The minimum atomic E-state index is -0.457. The zero-order valence-electron chi connectivity index (χ0n) is 13.3. The van der Waals surface area contributed by atoms with Crippen LogP contribution >= 0.6 is 31.9 Å². The Morgan fingerprint density at radius 1 is 1.12 bits per heavy atom. The zero-order chi connectivity index (χ0) is 18.1. The average Bonchev–Trinajstić information content (AvgIpc) is 2.62. The van der Waals surface area contributed by atoms with Gasteiger partial charge in [0.25, 0.3) is 0 Å². The van der Waals surface area contributed by atoms with Gasteiger partial charge >= 0.3 is 6.09 Å². The van der Waals surface area contributed by atoms with Gasteiger partial charge in [0, 0.05) is 12.1 Å². The van der Waals surface area contributed by atoms with Crippen LogP contribution in [0.3, 0.4) is 0 Å². The fourth-order valence-corrected chi connectivity index (χ4v) is 3.45. The van der Waals surface area contributed by atoms with Gasteiger partial charge in [-0.1, -0.05) is 30.3 Å². The molecular formula is C18H17Br2NO4. The monoisotopic (exact) mass is 469 g/mol. The fraction of sp³-hybridized carbons (Fsp3) is 0.222. The van der Waals surface area contributed by atoms with Gasteiger partial charge in [-0.25, -0.2) is 4.79 Å². The number of ether oxygens (including phenoxy) is 2. The van der Waals surface area contributed by atoms with E-state index >= 15 is 0 Å². The number of hydrogen-bond acceptors (Lipinski definition) is 4. The number of hydrogen-bond donors (Lipinski definition) is 1. The van der Waals surface area contributed by atoms with E-state index < -0.39 is 6.09 Å². The standard InChI is InChI=1S/C18H17Br2NO4/c19-15-9-14(11-22)10-16(20)17(15)24-8-4-7-21-18(23)25-12-13-5-2-1-3-6-13/h1-3,5-6,9-11H,4,7-8,12H2,(H,21,23). The molecule has 25 heavy (non-hydrogen) atoms. The van der Waals surface area contributed by atoms with Crippen molar-refractivity contribution in [3.05, 3.63) is 62.5 Å². The molecule has 2 aromatic rings. The number of rotatable bonds is 8. The highest BCUT2D eigenvalue weighted by atomic mass is 79.9. The number of amides is 1. The Labute approximate surface area is 163 Å². The smallest absolute Gasteiger partial charge is 0.407 e. The Hall–Kier alpha value is -1.86. The molecule has 0 heterocycles. The summed E-state index contributed by atoms with van der Waals surface area (Å²) in [6, 6.07) is 12.9. The van der Waals surface area contributed by atoms with Crippen molar-refractivity contribution in [3.8, 4) is 5.75 Å². The van der Waals surface area contributed by atoms with Crippen molar-refractivity contribution in [2.75, 3.05) is 13.2 Å². The molecule has 0 radical (unpaired) electrons. The Kier molecular flexibility index (Phi) is 7.94. The maximum absolute atomic E-state index is 11.6. The summed E-state index contributed by atoms with van der Waals surface area (Å²) in [7, 11) is 0. The first-order chi connectivity index (χ1) is 12.1. The lowest BCUT2D eigenvalue weighted by atomic mass is 10.2. The highest BCUT2D eigenvalue weighted by molar-refractivity contribution is 9.11. The number of halogens is 2. The molecule has 0 aromatic heterocycles. The van der Waals surface area contributed by atoms with Crippen molar-refractivity contribution in [2.45, 2.75) is 13.0 Å². The van der Waals surface area contributed by atoms with E-state index in [1.807, 2.05) is 30.3 Å². The molecule has 0 aliphatic carbocycles. The molecule has 5 nitrogen and oxygen atoms in total. The minimum absolute atomic E-state index is 0.242. The molecule has 7 heteroatoms. The molecule has 132 valence electrons. The number of alkyl carbamates (subject to hydrolysis) is 1. The summed E-state index contributed by atoms with van der Waals surface area (Å²) >= 11 is 6.74. The van der Waals surface area contributed by atoms with Crippen LogP contribution in [0.15, 0.2) is 51.4 Å². The van der Waals surface area contributed by atoms with Crippen molar-refractivity contribution in [2.24, 2.45) is 0 Å². The van der Waals surface area contributed by atoms with Gasteiger partial charge in [0.1, 0.15) is 18.6 Å². The highest BCUT2D eigenvalue weighted by Gasteiger charge is 2.09. The van der Waals surface area contributed by atoms with Crippen molar-refractivity contribution >= 4 is 44.2 Å². The van der Waals surface area contributed by atoms with E-state index in [2.05, 4.69) is 37.2 Å². The first-order valence-electron chi connectivity index (χ1n) is 7.61. The van der Waals surface area contributed by atoms with Gasteiger partial charge in [-0.2, -0.15) is 0 Å². The lowest BCUT2D eigenvalue weighted by molar-refractivity contribution is 0.112. The molecule has 1 N–H and O–H groups in total. The molecule has 0 spiro atoms. The summed E-state index contributed by atoms with van der Waals surface area (Å²) in [4.78, 5) is 22.4. The maximum Gasteiger partial charge on any atom is 0.407 e. The van der Waals surface area contributed by atoms with Crippen LogP contribution in [-0.4, -0.2) is 25.5 Å². The van der Waals surface area contributed by atoms with Crippen LogP contribution in [0.25, 0.3) is 0 Å². The summed E-state index contributed by atoms with van der Waals surface area (Å²) in [5.41, 5.74) is 1.49. The van der Waals surface area contributed by atoms with E-state index in [0.29, 0.717) is 39.8 Å². The summed E-state index contributed by atoms with van der Waals surface area (Å²) in [6.07, 6.45) is 0.931. The van der Waals surface area contributed by atoms with E-state index in [-0.39, 0.29) is 6.61 Å². The predicted octanol–water partition coefficient (Wildman–Crippen LogP) is 4.72. The molecule has 0 unspecified atom stereocenters. The predicted molar refractivity (Wildman–Crippen MR) is 102 cm³/mol. The third-order valence-electron chi connectivity index (χ3n) is 3.21. The molecule has 0 aliphatic rings. The van der Waals surface area contributed by atoms with Gasteiger partial charge in [-0.3, -0.25) is 4.79 Å². The third kappa shape index (κ3) is 6.51. The average molecular weight is 471 g/mol. The quantitative estimate of drug-likeness (QED) is 0.447. The van der Waals surface area contributed by atoms with Gasteiger partial charge in [0.05, 0.1) is 15.6 Å². The van der Waals surface area contributed by atoms with Crippen LogP contribution in [0.1, 0.15) is 22.3 Å². The largest absolute Gasteiger partial charge is 0.491 e. The van der Waals surface area contributed by atoms with Gasteiger partial charge in [-0.05, 0) is 56.0 Å². The van der Waals surface area contributed by atoms with E-state index in [0.717, 1.165) is 11.8 Å². The van der Waals surface area contributed by atoms with E-state index in [4.69, 9.17) is 9.47 Å². The fourth-order valence-electron chi connectivity index (χ4n) is 2.00. The van der Waals surface area contributed by atoms with Gasteiger partial charge in [-0.15, -0.1) is 0 Å². The van der Waals surface area contributed by atoms with Gasteiger partial charge in [0.15, 0.2) is 0 Å². The number of benzene rings is 2. The van der Waals surface area contributed by atoms with Crippen LogP contribution in [0.5, 0.6) is 5.75 Å². The number of carbonyl (C=O) groups is 2. The molecule has 0 saturated carbocycles. The molecular weight excluding hydrogens is 454 g/mol. The summed E-state index contributed by atoms with van der Waals surface area (Å²) in [6.45, 7) is 1.10. The second-order valence-electron chi connectivity index (χ2n) is 5.12. The Morgan fingerprint density at radius 2 is 1.80 bits per heavy atom. The number of aldehydes is 1. The molecule has 0 atom stereocenters. The molecule has 2 rings (SSSR count). The zero-order valence-corrected chi connectivity index (χ0v) is 16.5. The second-order valence-corrected chi connectivity index (χ2v) is 6.83. The van der Waals surface area contributed by atoms with Gasteiger partial charge < -0.3 is 14.8 Å². The molecule has 0 aliphatic heterocycles. The lowest BCUT2D eigenvalue weighted by Gasteiger charge is -2.11. The van der Waals surface area contributed by atoms with Crippen LogP contribution < -0.4 is 10.1 Å². The van der Waals surface area contributed by atoms with Crippen LogP contribution in [0, 0.1) is 0 Å². The first-order valence-corrected chi connectivity index (χ1v) is 9.20. The number of carbonyl (C=O) groups excluding carboxylic acids is 2. The van der Waals surface area contributed by atoms with Crippen LogP contribution in [0.4, 0.5) is 4.79 Å². The molecule has 0 fully saturated rings. The van der Waals surface area contributed by atoms with Crippen molar-refractivity contribution < 1.29 is 19.1 Å². The Balaban J connectivity index is 1.66. The maximum atomic E-state index is 11.6. The summed E-state index contributed by atoms with van der Waals surface area (Å²) < 4.78 is 12.2. The van der Waals surface area contributed by atoms with Crippen LogP contribution in [-0.2, 0) is 11.3 Å². The van der Waals surface area contributed by atoms with E-state index in [9.17, 15) is 9.59 Å².